The lowest BCUT2D eigenvalue weighted by Gasteiger charge is -2.03. The Morgan fingerprint density at radius 3 is 2.67 bits per heavy atom. The minimum Gasteiger partial charge on any atom is -0.459 e. The molecule has 4 rings (SSSR count). The van der Waals surface area contributed by atoms with Crippen LogP contribution in [0.3, 0.4) is 0 Å². The number of anilines is 3. The first kappa shape index (κ1) is 14.5. The van der Waals surface area contributed by atoms with Crippen molar-refractivity contribution in [3.05, 3.63) is 72.7 Å². The van der Waals surface area contributed by atoms with E-state index in [0.29, 0.717) is 5.69 Å². The predicted molar refractivity (Wildman–Crippen MR) is 96.0 cm³/mol. The van der Waals surface area contributed by atoms with Gasteiger partial charge < -0.3 is 15.1 Å². The molecule has 1 amide bonds. The number of furan rings is 1. The molecule has 0 atom stereocenters. The van der Waals surface area contributed by atoms with E-state index in [2.05, 4.69) is 15.6 Å². The van der Waals surface area contributed by atoms with E-state index in [4.69, 9.17) is 4.42 Å². The van der Waals surface area contributed by atoms with Gasteiger partial charge in [0.05, 0.1) is 16.7 Å². The second kappa shape index (κ2) is 6.17. The Kier molecular flexibility index (Phi) is 3.72. The second-order valence-corrected chi connectivity index (χ2v) is 6.12. The summed E-state index contributed by atoms with van der Waals surface area (Å²) in [4.78, 5) is 16.8. The number of aromatic nitrogens is 1. The topological polar surface area (TPSA) is 67.2 Å². The third kappa shape index (κ3) is 2.87. The Morgan fingerprint density at radius 1 is 1.00 bits per heavy atom. The van der Waals surface area contributed by atoms with Crippen molar-refractivity contribution in [1.82, 2.24) is 4.98 Å². The zero-order valence-corrected chi connectivity index (χ0v) is 13.3. The fraction of sp³-hybridized carbons (Fsp3) is 0. The molecule has 0 radical (unpaired) electrons. The minimum absolute atomic E-state index is 0.268. The van der Waals surface area contributed by atoms with Gasteiger partial charge in [-0.05, 0) is 36.4 Å². The fourth-order valence-electron chi connectivity index (χ4n) is 2.34. The molecule has 0 aliphatic carbocycles. The number of hydrogen-bond donors (Lipinski definition) is 2. The molecule has 2 heterocycles. The van der Waals surface area contributed by atoms with Crippen molar-refractivity contribution in [2.75, 3.05) is 10.6 Å². The third-order valence-electron chi connectivity index (χ3n) is 3.44. The lowest BCUT2D eigenvalue weighted by atomic mass is 10.3. The van der Waals surface area contributed by atoms with Gasteiger partial charge in [-0.15, -0.1) is 0 Å². The Labute approximate surface area is 142 Å². The van der Waals surface area contributed by atoms with E-state index >= 15 is 0 Å². The standard InChI is InChI=1S/C18H13N3O2S/c22-17(14-9-5-11-23-14)20-13-8-4-10-15-16(13)21-18(24-15)19-12-6-2-1-3-7-12/h1-11H,(H,19,21)(H,20,22). The van der Waals surface area contributed by atoms with Gasteiger partial charge in [0.25, 0.3) is 5.91 Å². The Morgan fingerprint density at radius 2 is 1.88 bits per heavy atom. The Hall–Kier alpha value is -3.12. The van der Waals surface area contributed by atoms with Crippen molar-refractivity contribution in [2.45, 2.75) is 0 Å². The average Bonchev–Trinajstić information content (AvgIpc) is 3.25. The fourth-order valence-corrected chi connectivity index (χ4v) is 3.25. The first-order valence-corrected chi connectivity index (χ1v) is 8.18. The van der Waals surface area contributed by atoms with Crippen LogP contribution in [0.4, 0.5) is 16.5 Å². The molecule has 118 valence electrons. The molecule has 4 aromatic rings. The monoisotopic (exact) mass is 335 g/mol. The van der Waals surface area contributed by atoms with Crippen LogP contribution in [0.2, 0.25) is 0 Å². The number of carbonyl (C=O) groups excluding carboxylic acids is 1. The molecule has 0 unspecified atom stereocenters. The van der Waals surface area contributed by atoms with Crippen molar-refractivity contribution < 1.29 is 9.21 Å². The summed E-state index contributed by atoms with van der Waals surface area (Å²) in [5.74, 6) is -0.0251. The average molecular weight is 335 g/mol. The van der Waals surface area contributed by atoms with Crippen LogP contribution < -0.4 is 10.6 Å². The molecular formula is C18H13N3O2S. The second-order valence-electron chi connectivity index (χ2n) is 5.09. The summed E-state index contributed by atoms with van der Waals surface area (Å²) in [7, 11) is 0. The van der Waals surface area contributed by atoms with E-state index in [0.717, 1.165) is 21.0 Å². The molecule has 0 saturated heterocycles. The maximum Gasteiger partial charge on any atom is 0.291 e. The molecule has 0 aliphatic rings. The zero-order chi connectivity index (χ0) is 16.4. The van der Waals surface area contributed by atoms with Crippen LogP contribution in [-0.2, 0) is 0 Å². The normalized spacial score (nSPS) is 10.7. The predicted octanol–water partition coefficient (Wildman–Crippen LogP) is 4.89. The number of amides is 1. The highest BCUT2D eigenvalue weighted by Crippen LogP contribution is 2.32. The molecule has 0 fully saturated rings. The van der Waals surface area contributed by atoms with Gasteiger partial charge in [-0.3, -0.25) is 4.79 Å². The largest absolute Gasteiger partial charge is 0.459 e. The zero-order valence-electron chi connectivity index (χ0n) is 12.5. The van der Waals surface area contributed by atoms with E-state index in [-0.39, 0.29) is 11.7 Å². The van der Waals surface area contributed by atoms with Gasteiger partial charge >= 0.3 is 0 Å². The number of fused-ring (bicyclic) bond motifs is 1. The van der Waals surface area contributed by atoms with Crippen molar-refractivity contribution in [3.63, 3.8) is 0 Å². The number of hydrogen-bond acceptors (Lipinski definition) is 5. The van der Waals surface area contributed by atoms with Crippen LogP contribution in [-0.4, -0.2) is 10.9 Å². The van der Waals surface area contributed by atoms with Crippen molar-refractivity contribution in [2.24, 2.45) is 0 Å². The van der Waals surface area contributed by atoms with E-state index in [9.17, 15) is 4.79 Å². The van der Waals surface area contributed by atoms with Crippen LogP contribution in [0.1, 0.15) is 10.6 Å². The Bertz CT molecular complexity index is 978. The third-order valence-corrected chi connectivity index (χ3v) is 4.37. The number of para-hydroxylation sites is 2. The van der Waals surface area contributed by atoms with Crippen LogP contribution in [0.5, 0.6) is 0 Å². The van der Waals surface area contributed by atoms with Crippen molar-refractivity contribution in [1.29, 1.82) is 0 Å². The highest BCUT2D eigenvalue weighted by molar-refractivity contribution is 7.22. The molecule has 0 spiro atoms. The van der Waals surface area contributed by atoms with Crippen molar-refractivity contribution in [3.8, 4) is 0 Å². The molecule has 0 bridgehead atoms. The van der Waals surface area contributed by atoms with Gasteiger partial charge in [0, 0.05) is 5.69 Å². The molecule has 5 nitrogen and oxygen atoms in total. The quantitative estimate of drug-likeness (QED) is 0.557. The highest BCUT2D eigenvalue weighted by Gasteiger charge is 2.13. The van der Waals surface area contributed by atoms with Gasteiger partial charge in [0.1, 0.15) is 5.52 Å². The maximum atomic E-state index is 12.2. The summed E-state index contributed by atoms with van der Waals surface area (Å²) in [6.45, 7) is 0. The van der Waals surface area contributed by atoms with Crippen LogP contribution in [0, 0.1) is 0 Å². The van der Waals surface area contributed by atoms with E-state index < -0.39 is 0 Å². The molecule has 0 aliphatic heterocycles. The molecular weight excluding hydrogens is 322 g/mol. The number of nitrogens with one attached hydrogen (secondary N) is 2. The Balaban J connectivity index is 1.63. The van der Waals surface area contributed by atoms with Crippen LogP contribution >= 0.6 is 11.3 Å². The molecule has 2 aromatic carbocycles. The van der Waals surface area contributed by atoms with Gasteiger partial charge in [0.2, 0.25) is 0 Å². The van der Waals surface area contributed by atoms with E-state index in [1.54, 1.807) is 12.1 Å². The smallest absolute Gasteiger partial charge is 0.291 e. The summed E-state index contributed by atoms with van der Waals surface area (Å²) in [5.41, 5.74) is 2.38. The number of benzene rings is 2. The van der Waals surface area contributed by atoms with Gasteiger partial charge in [-0.2, -0.15) is 0 Å². The molecule has 0 saturated carbocycles. The number of rotatable bonds is 4. The summed E-state index contributed by atoms with van der Waals surface area (Å²) >= 11 is 1.53. The van der Waals surface area contributed by atoms with Crippen molar-refractivity contribution >= 4 is 44.0 Å². The number of carbonyl (C=O) groups is 1. The molecule has 2 N–H and O–H groups in total. The highest BCUT2D eigenvalue weighted by atomic mass is 32.1. The van der Waals surface area contributed by atoms with Gasteiger partial charge in [0.15, 0.2) is 10.9 Å². The van der Waals surface area contributed by atoms with Crippen LogP contribution in [0.15, 0.2) is 71.3 Å². The number of thiazole rings is 1. The summed E-state index contributed by atoms with van der Waals surface area (Å²) in [6.07, 6.45) is 1.47. The van der Waals surface area contributed by atoms with Crippen LogP contribution in [0.25, 0.3) is 10.2 Å². The molecule has 6 heteroatoms. The lowest BCUT2D eigenvalue weighted by Crippen LogP contribution is -2.11. The summed E-state index contributed by atoms with van der Waals surface area (Å²) in [6, 6.07) is 18.9. The maximum absolute atomic E-state index is 12.2. The van der Waals surface area contributed by atoms with E-state index in [1.807, 2.05) is 48.5 Å². The SMILES string of the molecule is O=C(Nc1cccc2sc(Nc3ccccc3)nc12)c1ccco1. The summed E-state index contributed by atoms with van der Waals surface area (Å²) < 4.78 is 6.11. The number of nitrogens with zero attached hydrogens (tertiary/aromatic N) is 1. The van der Waals surface area contributed by atoms with E-state index in [1.165, 1.54) is 17.6 Å². The van der Waals surface area contributed by atoms with Gasteiger partial charge in [-0.1, -0.05) is 35.6 Å². The van der Waals surface area contributed by atoms with Gasteiger partial charge in [-0.25, -0.2) is 4.98 Å². The molecule has 24 heavy (non-hydrogen) atoms. The first-order chi connectivity index (χ1) is 11.8. The first-order valence-electron chi connectivity index (χ1n) is 7.36. The lowest BCUT2D eigenvalue weighted by molar-refractivity contribution is 0.0997. The minimum atomic E-state index is -0.293. The summed E-state index contributed by atoms with van der Waals surface area (Å²) in [5, 5.41) is 6.90. The molecule has 2 aromatic heterocycles.